The first-order chi connectivity index (χ1) is 20.6. The molecule has 43 heavy (non-hydrogen) atoms. The van der Waals surface area contributed by atoms with Crippen LogP contribution in [0.4, 0.5) is 5.69 Å². The van der Waals surface area contributed by atoms with Gasteiger partial charge in [0.15, 0.2) is 0 Å². The lowest BCUT2D eigenvalue weighted by Gasteiger charge is -2.34. The number of aliphatic hydroxyl groups is 1. The van der Waals surface area contributed by atoms with Crippen LogP contribution in [0, 0.1) is 5.92 Å². The average Bonchev–Trinajstić information content (AvgIpc) is 3.04. The van der Waals surface area contributed by atoms with Gasteiger partial charge < -0.3 is 29.9 Å². The van der Waals surface area contributed by atoms with Crippen LogP contribution in [0.5, 0.6) is 5.75 Å². The van der Waals surface area contributed by atoms with Crippen LogP contribution < -0.4 is 10.1 Å². The third-order valence-electron chi connectivity index (χ3n) is 8.10. The molecule has 0 aliphatic carbocycles. The predicted molar refractivity (Wildman–Crippen MR) is 162 cm³/mol. The quantitative estimate of drug-likeness (QED) is 0.358. The molecule has 2 aliphatic rings. The highest BCUT2D eigenvalue weighted by Crippen LogP contribution is 2.29. The number of carbonyl (C=O) groups is 3. The first kappa shape index (κ1) is 32.4. The monoisotopic (exact) mass is 596 g/mol. The summed E-state index contributed by atoms with van der Waals surface area (Å²) in [6, 6.07) is 11.9. The zero-order valence-electron chi connectivity index (χ0n) is 25.3. The number of likely N-dealkylation sites (N-methyl/N-ethyl adjacent to an activating group) is 1. The van der Waals surface area contributed by atoms with Crippen molar-refractivity contribution in [2.45, 2.75) is 45.4 Å². The van der Waals surface area contributed by atoms with Crippen LogP contribution in [0.2, 0.25) is 0 Å². The Kier molecular flexibility index (Phi) is 11.5. The van der Waals surface area contributed by atoms with E-state index in [-0.39, 0.29) is 48.5 Å². The van der Waals surface area contributed by atoms with Crippen LogP contribution in [0.25, 0.3) is 0 Å². The normalized spacial score (nSPS) is 20.4. The van der Waals surface area contributed by atoms with Gasteiger partial charge in [0.25, 0.3) is 0 Å². The maximum atomic E-state index is 13.5. The van der Waals surface area contributed by atoms with Gasteiger partial charge in [-0.25, -0.2) is 4.79 Å². The van der Waals surface area contributed by atoms with Crippen molar-refractivity contribution in [1.82, 2.24) is 14.7 Å². The topological polar surface area (TPSA) is 132 Å². The minimum atomic E-state index is -0.960. The van der Waals surface area contributed by atoms with Crippen molar-refractivity contribution in [2.24, 2.45) is 5.92 Å². The van der Waals surface area contributed by atoms with E-state index in [0.29, 0.717) is 62.8 Å². The molecule has 2 heterocycles. The Hall–Kier alpha value is -3.51. The zero-order valence-corrected chi connectivity index (χ0v) is 25.3. The number of fused-ring (bicyclic) bond motifs is 1. The molecule has 0 unspecified atom stereocenters. The molecule has 2 aromatic rings. The van der Waals surface area contributed by atoms with Gasteiger partial charge in [0, 0.05) is 62.9 Å². The summed E-state index contributed by atoms with van der Waals surface area (Å²) in [6.45, 7) is 8.95. The van der Waals surface area contributed by atoms with Crippen molar-refractivity contribution >= 4 is 23.5 Å². The molecular weight excluding hydrogens is 552 g/mol. The average molecular weight is 597 g/mol. The van der Waals surface area contributed by atoms with Crippen molar-refractivity contribution in [3.05, 3.63) is 59.2 Å². The first-order valence-corrected chi connectivity index (χ1v) is 14.9. The van der Waals surface area contributed by atoms with Crippen molar-refractivity contribution in [3.63, 3.8) is 0 Å². The molecule has 11 nitrogen and oxygen atoms in total. The maximum Gasteiger partial charge on any atom is 0.335 e. The Morgan fingerprint density at radius 1 is 1.14 bits per heavy atom. The number of aliphatic hydroxyl groups excluding tert-OH is 1. The summed E-state index contributed by atoms with van der Waals surface area (Å²) in [5.41, 5.74) is 2.50. The summed E-state index contributed by atoms with van der Waals surface area (Å²) in [4.78, 5) is 43.5. The fraction of sp³-hybridized carbons (Fsp3) is 0.531. The Morgan fingerprint density at radius 3 is 2.53 bits per heavy atom. The van der Waals surface area contributed by atoms with Gasteiger partial charge in [0.2, 0.25) is 11.8 Å². The van der Waals surface area contributed by atoms with E-state index in [1.54, 1.807) is 23.1 Å². The number of aromatic carboxylic acids is 1. The molecule has 0 aromatic heterocycles. The van der Waals surface area contributed by atoms with E-state index in [4.69, 9.17) is 9.47 Å². The van der Waals surface area contributed by atoms with E-state index in [1.165, 1.54) is 0 Å². The van der Waals surface area contributed by atoms with E-state index in [0.717, 1.165) is 18.7 Å². The molecule has 3 atom stereocenters. The van der Waals surface area contributed by atoms with Gasteiger partial charge in [-0.3, -0.25) is 19.4 Å². The Bertz CT molecular complexity index is 1250. The highest BCUT2D eigenvalue weighted by atomic mass is 16.5. The number of hydrogen-bond acceptors (Lipinski definition) is 8. The standard InChI is InChI=1S/C32H44N4O7/c1-22-18-36(23(2)21-37)31(39)17-26-16-27(33-30(38)10-11-35-12-14-42-15-13-35)8-9-28(26)43-29(22)20-34(3)19-24-4-6-25(7-5-24)32(40)41/h4-9,16,22-23,29,37H,10-15,17-21H2,1-3H3,(H,33,38)(H,40,41)/t22-,23-,29-/m1/s1. The number of carbonyl (C=O) groups excluding carboxylic acids is 2. The van der Waals surface area contributed by atoms with Crippen molar-refractivity contribution in [2.75, 3.05) is 64.9 Å². The van der Waals surface area contributed by atoms with Gasteiger partial charge in [-0.2, -0.15) is 0 Å². The minimum Gasteiger partial charge on any atom is -0.488 e. The van der Waals surface area contributed by atoms with Gasteiger partial charge in [0.05, 0.1) is 37.8 Å². The molecule has 3 N–H and O–H groups in total. The van der Waals surface area contributed by atoms with E-state index in [1.807, 2.05) is 45.2 Å². The molecular formula is C32H44N4O7. The van der Waals surface area contributed by atoms with Gasteiger partial charge in [0.1, 0.15) is 11.9 Å². The molecule has 1 saturated heterocycles. The molecule has 0 bridgehead atoms. The fourth-order valence-corrected chi connectivity index (χ4v) is 5.47. The molecule has 2 amide bonds. The highest BCUT2D eigenvalue weighted by Gasteiger charge is 2.31. The second-order valence-corrected chi connectivity index (χ2v) is 11.7. The molecule has 11 heteroatoms. The second kappa shape index (κ2) is 15.3. The summed E-state index contributed by atoms with van der Waals surface area (Å²) in [6.07, 6.45) is 0.164. The number of morpholine rings is 1. The Morgan fingerprint density at radius 2 is 1.86 bits per heavy atom. The molecule has 2 aliphatic heterocycles. The van der Waals surface area contributed by atoms with Crippen LogP contribution in [0.1, 0.15) is 41.8 Å². The molecule has 0 spiro atoms. The number of amides is 2. The van der Waals surface area contributed by atoms with Crippen molar-refractivity contribution in [3.8, 4) is 5.75 Å². The van der Waals surface area contributed by atoms with Gasteiger partial charge in [-0.1, -0.05) is 19.1 Å². The molecule has 234 valence electrons. The van der Waals surface area contributed by atoms with Crippen LogP contribution in [0.15, 0.2) is 42.5 Å². The number of nitrogens with one attached hydrogen (secondary N) is 1. The number of hydrogen-bond donors (Lipinski definition) is 3. The second-order valence-electron chi connectivity index (χ2n) is 11.7. The number of nitrogens with zero attached hydrogens (tertiary/aromatic N) is 3. The van der Waals surface area contributed by atoms with Crippen molar-refractivity contribution < 1.29 is 34.1 Å². The minimum absolute atomic E-state index is 0.0553. The molecule has 4 rings (SSSR count). The lowest BCUT2D eigenvalue weighted by Crippen LogP contribution is -2.47. The van der Waals surface area contributed by atoms with E-state index >= 15 is 0 Å². The molecule has 1 fully saturated rings. The number of rotatable bonds is 11. The first-order valence-electron chi connectivity index (χ1n) is 14.9. The lowest BCUT2D eigenvalue weighted by molar-refractivity contribution is -0.134. The summed E-state index contributed by atoms with van der Waals surface area (Å²) < 4.78 is 12.0. The third-order valence-corrected chi connectivity index (χ3v) is 8.10. The van der Waals surface area contributed by atoms with Gasteiger partial charge in [-0.05, 0) is 49.9 Å². The molecule has 2 aromatic carbocycles. The highest BCUT2D eigenvalue weighted by molar-refractivity contribution is 5.91. The summed E-state index contributed by atoms with van der Waals surface area (Å²) in [7, 11) is 1.98. The molecule has 0 radical (unpaired) electrons. The zero-order chi connectivity index (χ0) is 30.9. The van der Waals surface area contributed by atoms with E-state index < -0.39 is 5.97 Å². The summed E-state index contributed by atoms with van der Waals surface area (Å²) in [5, 5.41) is 22.1. The smallest absolute Gasteiger partial charge is 0.335 e. The largest absolute Gasteiger partial charge is 0.488 e. The van der Waals surface area contributed by atoms with Gasteiger partial charge >= 0.3 is 5.97 Å². The number of carboxylic acids is 1. The van der Waals surface area contributed by atoms with Crippen LogP contribution in [-0.4, -0.2) is 114 Å². The van der Waals surface area contributed by atoms with Gasteiger partial charge in [-0.15, -0.1) is 0 Å². The number of anilines is 1. The summed E-state index contributed by atoms with van der Waals surface area (Å²) in [5.74, 6) is -0.629. The SMILES string of the molecule is C[C@@H]1CN([C@H](C)CO)C(=O)Cc2cc(NC(=O)CCN3CCOCC3)ccc2O[C@@H]1CN(C)Cc1ccc(C(=O)O)cc1. The molecule has 0 saturated carbocycles. The number of carboxylic acid groups (broad SMARTS) is 1. The van der Waals surface area contributed by atoms with Crippen LogP contribution in [0.3, 0.4) is 0 Å². The number of ether oxygens (including phenoxy) is 2. The third kappa shape index (κ3) is 9.24. The van der Waals surface area contributed by atoms with Crippen LogP contribution >= 0.6 is 0 Å². The van der Waals surface area contributed by atoms with Crippen LogP contribution in [-0.2, 0) is 27.3 Å². The fourth-order valence-electron chi connectivity index (χ4n) is 5.47. The lowest BCUT2D eigenvalue weighted by atomic mass is 10.0. The number of benzene rings is 2. The predicted octanol–water partition coefficient (Wildman–Crippen LogP) is 2.33. The van der Waals surface area contributed by atoms with Crippen molar-refractivity contribution in [1.29, 1.82) is 0 Å². The summed E-state index contributed by atoms with van der Waals surface area (Å²) >= 11 is 0. The van der Waals surface area contributed by atoms with E-state index in [2.05, 4.69) is 15.1 Å². The van der Waals surface area contributed by atoms with E-state index in [9.17, 15) is 24.6 Å². The Labute approximate surface area is 253 Å². The maximum absolute atomic E-state index is 13.5. The Balaban J connectivity index is 1.49.